The van der Waals surface area contributed by atoms with Crippen molar-refractivity contribution in [3.63, 3.8) is 0 Å². The Labute approximate surface area is 169 Å². The van der Waals surface area contributed by atoms with Gasteiger partial charge in [0.2, 0.25) is 0 Å². The molecule has 7 heteroatoms. The summed E-state index contributed by atoms with van der Waals surface area (Å²) < 4.78 is 16.5. The van der Waals surface area contributed by atoms with E-state index >= 15 is 0 Å². The van der Waals surface area contributed by atoms with E-state index in [1.54, 1.807) is 13.0 Å². The molecule has 0 spiro atoms. The van der Waals surface area contributed by atoms with E-state index < -0.39 is 12.0 Å². The van der Waals surface area contributed by atoms with Gasteiger partial charge in [0.05, 0.1) is 18.2 Å². The Balaban J connectivity index is 1.70. The highest BCUT2D eigenvalue weighted by Gasteiger charge is 2.32. The lowest BCUT2D eigenvalue weighted by molar-refractivity contribution is -0.140. The lowest BCUT2D eigenvalue weighted by atomic mass is 9.95. The van der Waals surface area contributed by atoms with Crippen LogP contribution >= 0.6 is 0 Å². The minimum Gasteiger partial charge on any atom is -0.494 e. The van der Waals surface area contributed by atoms with E-state index in [1.807, 2.05) is 55.5 Å². The van der Waals surface area contributed by atoms with E-state index in [1.165, 1.54) is 0 Å². The van der Waals surface area contributed by atoms with E-state index in [0.717, 1.165) is 5.56 Å². The molecule has 152 valence electrons. The molecule has 0 bridgehead atoms. The molecule has 7 nitrogen and oxygen atoms in total. The Morgan fingerprint density at radius 2 is 1.76 bits per heavy atom. The van der Waals surface area contributed by atoms with Gasteiger partial charge in [0.15, 0.2) is 0 Å². The summed E-state index contributed by atoms with van der Waals surface area (Å²) in [5, 5.41) is 5.42. The van der Waals surface area contributed by atoms with E-state index in [9.17, 15) is 9.59 Å². The summed E-state index contributed by atoms with van der Waals surface area (Å²) in [6.07, 6.45) is 0. The SMILES string of the molecule is CCOc1cccc([C@H]2NC(=O)NC(C)=C2C(=O)OCCOc2ccccc2)c1. The van der Waals surface area contributed by atoms with Gasteiger partial charge in [0.25, 0.3) is 0 Å². The highest BCUT2D eigenvalue weighted by molar-refractivity contribution is 5.95. The van der Waals surface area contributed by atoms with Crippen LogP contribution in [0.1, 0.15) is 25.5 Å². The molecule has 2 N–H and O–H groups in total. The lowest BCUT2D eigenvalue weighted by Gasteiger charge is -2.28. The van der Waals surface area contributed by atoms with Gasteiger partial charge in [-0.15, -0.1) is 0 Å². The predicted octanol–water partition coefficient (Wildman–Crippen LogP) is 3.34. The van der Waals surface area contributed by atoms with E-state index in [-0.39, 0.29) is 19.2 Å². The van der Waals surface area contributed by atoms with Gasteiger partial charge in [-0.1, -0.05) is 30.3 Å². The molecule has 0 aromatic heterocycles. The Kier molecular flexibility index (Phi) is 6.73. The summed E-state index contributed by atoms with van der Waals surface area (Å²) in [4.78, 5) is 24.8. The van der Waals surface area contributed by atoms with Gasteiger partial charge in [-0.05, 0) is 43.7 Å². The number of rotatable bonds is 8. The number of amides is 2. The van der Waals surface area contributed by atoms with Crippen LogP contribution in [0.5, 0.6) is 11.5 Å². The maximum atomic E-state index is 12.8. The summed E-state index contributed by atoms with van der Waals surface area (Å²) in [7, 11) is 0. The smallest absolute Gasteiger partial charge is 0.338 e. The van der Waals surface area contributed by atoms with Crippen LogP contribution in [0.3, 0.4) is 0 Å². The average Bonchev–Trinajstić information content (AvgIpc) is 2.72. The summed E-state index contributed by atoms with van der Waals surface area (Å²) >= 11 is 0. The summed E-state index contributed by atoms with van der Waals surface area (Å²) in [6, 6.07) is 15.6. The molecule has 2 aromatic rings. The second-order valence-electron chi connectivity index (χ2n) is 6.37. The molecule has 1 atom stereocenters. The third-order valence-electron chi connectivity index (χ3n) is 4.32. The molecule has 0 unspecified atom stereocenters. The summed E-state index contributed by atoms with van der Waals surface area (Å²) in [5.74, 6) is 0.856. The molecular formula is C22H24N2O5. The molecule has 0 radical (unpaired) electrons. The van der Waals surface area contributed by atoms with Crippen LogP contribution in [0.2, 0.25) is 0 Å². The van der Waals surface area contributed by atoms with Crippen molar-refractivity contribution in [2.24, 2.45) is 0 Å². The average molecular weight is 396 g/mol. The maximum absolute atomic E-state index is 12.8. The lowest BCUT2D eigenvalue weighted by Crippen LogP contribution is -2.45. The van der Waals surface area contributed by atoms with Crippen LogP contribution in [0, 0.1) is 0 Å². The first kappa shape index (κ1) is 20.3. The normalized spacial score (nSPS) is 15.9. The Hall–Kier alpha value is -3.48. The molecule has 2 aromatic carbocycles. The molecule has 1 aliphatic rings. The highest BCUT2D eigenvalue weighted by Crippen LogP contribution is 2.29. The van der Waals surface area contributed by atoms with Crippen LogP contribution in [-0.2, 0) is 9.53 Å². The Morgan fingerprint density at radius 1 is 1.00 bits per heavy atom. The van der Waals surface area contributed by atoms with Crippen molar-refractivity contribution in [2.45, 2.75) is 19.9 Å². The predicted molar refractivity (Wildman–Crippen MR) is 108 cm³/mol. The van der Waals surface area contributed by atoms with Crippen molar-refractivity contribution in [3.05, 3.63) is 71.4 Å². The second-order valence-corrected chi connectivity index (χ2v) is 6.37. The molecule has 0 fully saturated rings. The van der Waals surface area contributed by atoms with Gasteiger partial charge in [0, 0.05) is 5.70 Å². The fraction of sp³-hybridized carbons (Fsp3) is 0.273. The monoisotopic (exact) mass is 396 g/mol. The minimum absolute atomic E-state index is 0.0875. The van der Waals surface area contributed by atoms with Gasteiger partial charge >= 0.3 is 12.0 Å². The quantitative estimate of drug-likeness (QED) is 0.528. The standard InChI is InChI=1S/C22H24N2O5/c1-3-27-18-11-7-8-16(14-18)20-19(15(2)23-22(26)24-20)21(25)29-13-12-28-17-9-5-4-6-10-17/h4-11,14,20H,3,12-13H2,1-2H3,(H2,23,24,26)/t20-/m1/s1. The van der Waals surface area contributed by atoms with Crippen LogP contribution in [0.15, 0.2) is 65.9 Å². The number of urea groups is 1. The number of ether oxygens (including phenoxy) is 3. The molecule has 1 aliphatic heterocycles. The molecular weight excluding hydrogens is 372 g/mol. The summed E-state index contributed by atoms with van der Waals surface area (Å²) in [6.45, 7) is 4.41. The molecule has 0 saturated heterocycles. The molecule has 1 heterocycles. The molecule has 0 saturated carbocycles. The van der Waals surface area contributed by atoms with E-state index in [0.29, 0.717) is 29.4 Å². The largest absolute Gasteiger partial charge is 0.494 e. The van der Waals surface area contributed by atoms with Gasteiger partial charge in [0.1, 0.15) is 24.7 Å². The number of allylic oxidation sites excluding steroid dienone is 1. The summed E-state index contributed by atoms with van der Waals surface area (Å²) in [5.41, 5.74) is 1.53. The first-order chi connectivity index (χ1) is 14.1. The molecule has 0 aliphatic carbocycles. The van der Waals surface area contributed by atoms with Crippen molar-refractivity contribution in [2.75, 3.05) is 19.8 Å². The number of hydrogen-bond donors (Lipinski definition) is 2. The Bertz CT molecular complexity index is 895. The van der Waals surface area contributed by atoms with Crippen molar-refractivity contribution in [3.8, 4) is 11.5 Å². The topological polar surface area (TPSA) is 85.9 Å². The Morgan fingerprint density at radius 3 is 2.52 bits per heavy atom. The zero-order chi connectivity index (χ0) is 20.6. The fourth-order valence-corrected chi connectivity index (χ4v) is 3.05. The third kappa shape index (κ3) is 5.28. The van der Waals surface area contributed by atoms with Gasteiger partial charge in [-0.2, -0.15) is 0 Å². The molecule has 29 heavy (non-hydrogen) atoms. The van der Waals surface area contributed by atoms with Crippen LogP contribution in [-0.4, -0.2) is 31.8 Å². The number of hydrogen-bond acceptors (Lipinski definition) is 5. The first-order valence-electron chi connectivity index (χ1n) is 9.44. The number of nitrogens with one attached hydrogen (secondary N) is 2. The molecule has 2 amide bonds. The van der Waals surface area contributed by atoms with Gasteiger partial charge in [-0.3, -0.25) is 0 Å². The van der Waals surface area contributed by atoms with Crippen LogP contribution in [0.4, 0.5) is 4.79 Å². The van der Waals surface area contributed by atoms with E-state index in [2.05, 4.69) is 10.6 Å². The van der Waals surface area contributed by atoms with Crippen molar-refractivity contribution in [1.29, 1.82) is 0 Å². The van der Waals surface area contributed by atoms with Gasteiger partial charge in [-0.25, -0.2) is 9.59 Å². The maximum Gasteiger partial charge on any atom is 0.338 e. The van der Waals surface area contributed by atoms with Crippen LogP contribution in [0.25, 0.3) is 0 Å². The number of carbonyl (C=O) groups is 2. The first-order valence-corrected chi connectivity index (χ1v) is 9.44. The second kappa shape index (κ2) is 9.64. The van der Waals surface area contributed by atoms with Crippen molar-refractivity contribution >= 4 is 12.0 Å². The zero-order valence-corrected chi connectivity index (χ0v) is 16.4. The minimum atomic E-state index is -0.633. The van der Waals surface area contributed by atoms with E-state index in [4.69, 9.17) is 14.2 Å². The number of esters is 1. The number of para-hydroxylation sites is 1. The fourth-order valence-electron chi connectivity index (χ4n) is 3.05. The van der Waals surface area contributed by atoms with Gasteiger partial charge < -0.3 is 24.8 Å². The van der Waals surface area contributed by atoms with Crippen LogP contribution < -0.4 is 20.1 Å². The van der Waals surface area contributed by atoms with Crippen molar-refractivity contribution < 1.29 is 23.8 Å². The number of carbonyl (C=O) groups excluding carboxylic acids is 2. The number of benzene rings is 2. The highest BCUT2D eigenvalue weighted by atomic mass is 16.6. The third-order valence-corrected chi connectivity index (χ3v) is 4.32. The zero-order valence-electron chi connectivity index (χ0n) is 16.4. The van der Waals surface area contributed by atoms with Crippen molar-refractivity contribution in [1.82, 2.24) is 10.6 Å². The molecule has 3 rings (SSSR count).